The molecule has 1 aliphatic heterocycles. The van der Waals surface area contributed by atoms with Crippen molar-refractivity contribution < 1.29 is 24.2 Å². The number of aliphatic hydroxyl groups excluding tert-OH is 1. The molecule has 1 aromatic carbocycles. The predicted molar refractivity (Wildman–Crippen MR) is 143 cm³/mol. The summed E-state index contributed by atoms with van der Waals surface area (Å²) in [7, 11) is 0. The maximum Gasteiger partial charge on any atom is 0.350 e. The van der Waals surface area contributed by atoms with Crippen LogP contribution in [0.5, 0.6) is 0 Å². The number of pyridine rings is 1. The van der Waals surface area contributed by atoms with E-state index in [0.29, 0.717) is 33.3 Å². The Morgan fingerprint density at radius 1 is 1.16 bits per heavy atom. The van der Waals surface area contributed by atoms with Crippen molar-refractivity contribution in [2.45, 2.75) is 19.9 Å². The van der Waals surface area contributed by atoms with E-state index < -0.39 is 23.7 Å². The molecule has 9 nitrogen and oxygen atoms in total. The van der Waals surface area contributed by atoms with Gasteiger partial charge in [-0.1, -0.05) is 53.8 Å². The number of carbonyl (C=O) groups is 3. The van der Waals surface area contributed by atoms with Crippen molar-refractivity contribution in [3.05, 3.63) is 99.4 Å². The van der Waals surface area contributed by atoms with E-state index in [-0.39, 0.29) is 27.9 Å². The molecule has 192 valence electrons. The van der Waals surface area contributed by atoms with Gasteiger partial charge in [0.2, 0.25) is 0 Å². The number of esters is 1. The van der Waals surface area contributed by atoms with Crippen LogP contribution in [0.25, 0.3) is 11.4 Å². The van der Waals surface area contributed by atoms with Crippen molar-refractivity contribution in [1.29, 1.82) is 0 Å². The summed E-state index contributed by atoms with van der Waals surface area (Å²) in [5.41, 5.74) is 2.07. The van der Waals surface area contributed by atoms with E-state index in [2.05, 4.69) is 16.5 Å². The Bertz CT molecular complexity index is 1650. The molecule has 38 heavy (non-hydrogen) atoms. The first-order valence-electron chi connectivity index (χ1n) is 11.5. The number of imidazole rings is 1. The summed E-state index contributed by atoms with van der Waals surface area (Å²) in [4.78, 5) is 49.8. The van der Waals surface area contributed by atoms with Crippen molar-refractivity contribution >= 4 is 57.1 Å². The Kier molecular flexibility index (Phi) is 6.60. The van der Waals surface area contributed by atoms with Gasteiger partial charge in [-0.2, -0.15) is 0 Å². The summed E-state index contributed by atoms with van der Waals surface area (Å²) < 4.78 is 6.79. The van der Waals surface area contributed by atoms with Crippen LogP contribution in [0.2, 0.25) is 5.02 Å². The average Bonchev–Trinajstić information content (AvgIpc) is 3.53. The zero-order valence-electron chi connectivity index (χ0n) is 20.3. The topological polar surface area (TPSA) is 114 Å². The van der Waals surface area contributed by atoms with Crippen LogP contribution in [0.3, 0.4) is 0 Å². The number of aryl methyl sites for hydroxylation is 2. The standard InChI is InChI=1S/C27H21ClN4O5S/c1-4-13-37-26(36)24-15(3)30-27(38-24)32-21(16-8-10-17(28)11-9-16)19(23(34)25(32)35)22(33)20-14(2)29-18-7-5-6-12-31(18)20/h4-12,21,33H,1,13H2,2-3H3. The number of ether oxygens (including phenoxy) is 1. The van der Waals surface area contributed by atoms with E-state index in [1.54, 1.807) is 66.9 Å². The molecule has 4 aromatic rings. The second-order valence-corrected chi connectivity index (χ2v) is 9.91. The number of thiazole rings is 1. The molecular formula is C27H21ClN4O5S. The third kappa shape index (κ3) is 4.17. The van der Waals surface area contributed by atoms with Crippen LogP contribution in [0.4, 0.5) is 5.13 Å². The minimum atomic E-state index is -1.04. The number of aliphatic hydroxyl groups is 1. The third-order valence-electron chi connectivity index (χ3n) is 6.07. The maximum atomic E-state index is 13.5. The summed E-state index contributed by atoms with van der Waals surface area (Å²) in [5.74, 6) is -2.78. The first kappa shape index (κ1) is 25.4. The molecule has 1 amide bonds. The molecule has 1 fully saturated rings. The van der Waals surface area contributed by atoms with Gasteiger partial charge in [-0.3, -0.25) is 18.9 Å². The summed E-state index contributed by atoms with van der Waals surface area (Å²) in [6.07, 6.45) is 3.15. The molecule has 0 aliphatic carbocycles. The van der Waals surface area contributed by atoms with Gasteiger partial charge >= 0.3 is 11.9 Å². The monoisotopic (exact) mass is 548 g/mol. The van der Waals surface area contributed by atoms with Crippen LogP contribution in [0.15, 0.2) is 66.9 Å². The molecule has 0 bridgehead atoms. The Balaban J connectivity index is 1.71. The Hall–Kier alpha value is -4.28. The lowest BCUT2D eigenvalue weighted by Gasteiger charge is -2.23. The number of nitrogens with zero attached hydrogens (tertiary/aromatic N) is 4. The second-order valence-electron chi connectivity index (χ2n) is 8.49. The van der Waals surface area contributed by atoms with Crippen LogP contribution in [-0.4, -0.2) is 43.7 Å². The van der Waals surface area contributed by atoms with Gasteiger partial charge in [0.25, 0.3) is 5.78 Å². The zero-order valence-corrected chi connectivity index (χ0v) is 21.9. The molecule has 1 unspecified atom stereocenters. The lowest BCUT2D eigenvalue weighted by Crippen LogP contribution is -2.29. The minimum absolute atomic E-state index is 0.0133. The maximum absolute atomic E-state index is 13.5. The molecule has 0 spiro atoms. The summed E-state index contributed by atoms with van der Waals surface area (Å²) in [5, 5.41) is 12.1. The number of anilines is 1. The van der Waals surface area contributed by atoms with E-state index in [1.165, 1.54) is 11.0 Å². The van der Waals surface area contributed by atoms with Crippen LogP contribution < -0.4 is 4.90 Å². The molecule has 1 N–H and O–H groups in total. The number of fused-ring (bicyclic) bond motifs is 1. The lowest BCUT2D eigenvalue weighted by atomic mass is 9.96. The van der Waals surface area contributed by atoms with Crippen molar-refractivity contribution in [2.75, 3.05) is 11.5 Å². The fourth-order valence-electron chi connectivity index (χ4n) is 4.39. The SMILES string of the molecule is C=CCOC(=O)c1sc(N2C(=O)C(=O)C(=C(O)c3c(C)nc4ccccn34)C2c2ccc(Cl)cc2)nc1C. The molecule has 0 saturated carbocycles. The van der Waals surface area contributed by atoms with E-state index in [4.69, 9.17) is 16.3 Å². The Morgan fingerprint density at radius 2 is 1.89 bits per heavy atom. The van der Waals surface area contributed by atoms with Gasteiger partial charge in [0.15, 0.2) is 10.9 Å². The van der Waals surface area contributed by atoms with Gasteiger partial charge in [-0.05, 0) is 43.7 Å². The molecule has 0 radical (unpaired) electrons. The van der Waals surface area contributed by atoms with E-state index >= 15 is 0 Å². The minimum Gasteiger partial charge on any atom is -0.505 e. The van der Waals surface area contributed by atoms with Crippen LogP contribution >= 0.6 is 22.9 Å². The van der Waals surface area contributed by atoms with Crippen LogP contribution in [-0.2, 0) is 14.3 Å². The zero-order chi connectivity index (χ0) is 27.1. The fraction of sp³-hybridized carbons (Fsp3) is 0.148. The number of hydrogen-bond acceptors (Lipinski definition) is 8. The number of hydrogen-bond donors (Lipinski definition) is 1. The van der Waals surface area contributed by atoms with Crippen molar-refractivity contribution in [3.8, 4) is 0 Å². The summed E-state index contributed by atoms with van der Waals surface area (Å²) in [6.45, 7) is 6.87. The quantitative estimate of drug-likeness (QED) is 0.118. The number of amides is 1. The number of Topliss-reactive ketones (excluding diaryl/α,β-unsaturated/α-hetero) is 1. The normalized spacial score (nSPS) is 16.8. The van der Waals surface area contributed by atoms with Crippen LogP contribution in [0.1, 0.15) is 38.4 Å². The van der Waals surface area contributed by atoms with Gasteiger partial charge in [0.05, 0.1) is 23.0 Å². The molecule has 1 aliphatic rings. The number of benzene rings is 1. The number of carbonyl (C=O) groups excluding carboxylic acids is 3. The number of ketones is 1. The smallest absolute Gasteiger partial charge is 0.350 e. The van der Waals surface area contributed by atoms with Gasteiger partial charge < -0.3 is 9.84 Å². The van der Waals surface area contributed by atoms with Crippen molar-refractivity contribution in [2.24, 2.45) is 0 Å². The molecule has 1 saturated heterocycles. The van der Waals surface area contributed by atoms with Gasteiger partial charge in [-0.15, -0.1) is 0 Å². The highest BCUT2D eigenvalue weighted by Crippen LogP contribution is 2.44. The first-order valence-corrected chi connectivity index (χ1v) is 12.7. The van der Waals surface area contributed by atoms with E-state index in [0.717, 1.165) is 11.3 Å². The summed E-state index contributed by atoms with van der Waals surface area (Å²) >= 11 is 7.03. The van der Waals surface area contributed by atoms with Crippen LogP contribution in [0, 0.1) is 13.8 Å². The highest BCUT2D eigenvalue weighted by Gasteiger charge is 2.49. The van der Waals surface area contributed by atoms with Gasteiger partial charge in [0, 0.05) is 11.2 Å². The largest absolute Gasteiger partial charge is 0.505 e. The number of halogens is 1. The average molecular weight is 549 g/mol. The first-order chi connectivity index (χ1) is 18.2. The van der Waals surface area contributed by atoms with Gasteiger partial charge in [0.1, 0.15) is 22.8 Å². The summed E-state index contributed by atoms with van der Waals surface area (Å²) in [6, 6.07) is 10.9. The van der Waals surface area contributed by atoms with Crippen molar-refractivity contribution in [1.82, 2.24) is 14.4 Å². The Labute approximate surface area is 226 Å². The molecule has 11 heteroatoms. The molecular weight excluding hydrogens is 528 g/mol. The number of rotatable bonds is 6. The molecule has 1 atom stereocenters. The second kappa shape index (κ2) is 9.88. The fourth-order valence-corrected chi connectivity index (χ4v) is 5.50. The molecule has 5 rings (SSSR count). The van der Waals surface area contributed by atoms with E-state index in [1.807, 2.05) is 0 Å². The molecule has 3 aromatic heterocycles. The van der Waals surface area contributed by atoms with Gasteiger partial charge in [-0.25, -0.2) is 14.8 Å². The van der Waals surface area contributed by atoms with E-state index in [9.17, 15) is 19.5 Å². The predicted octanol–water partition coefficient (Wildman–Crippen LogP) is 5.03. The number of aromatic nitrogens is 3. The van der Waals surface area contributed by atoms with Crippen molar-refractivity contribution in [3.63, 3.8) is 0 Å². The highest BCUT2D eigenvalue weighted by atomic mass is 35.5. The Morgan fingerprint density at radius 3 is 2.61 bits per heavy atom. The third-order valence-corrected chi connectivity index (χ3v) is 7.46. The highest BCUT2D eigenvalue weighted by molar-refractivity contribution is 7.17. The lowest BCUT2D eigenvalue weighted by molar-refractivity contribution is -0.132. The molecule has 4 heterocycles.